The lowest BCUT2D eigenvalue weighted by atomic mass is 9.98. The van der Waals surface area contributed by atoms with E-state index in [0.29, 0.717) is 24.6 Å². The Morgan fingerprint density at radius 2 is 2.06 bits per heavy atom. The van der Waals surface area contributed by atoms with Gasteiger partial charge in [0.2, 0.25) is 0 Å². The summed E-state index contributed by atoms with van der Waals surface area (Å²) in [6.45, 7) is 0.499. The van der Waals surface area contributed by atoms with Crippen LogP contribution in [0.4, 0.5) is 15.9 Å². The zero-order valence-corrected chi connectivity index (χ0v) is 18.8. The highest BCUT2D eigenvalue weighted by Gasteiger charge is 2.44. The first-order chi connectivity index (χ1) is 17.2. The molecule has 0 spiro atoms. The molecule has 9 heteroatoms. The van der Waals surface area contributed by atoms with Crippen LogP contribution in [0.2, 0.25) is 0 Å². The van der Waals surface area contributed by atoms with Gasteiger partial charge in [-0.25, -0.2) is 13.9 Å². The summed E-state index contributed by atoms with van der Waals surface area (Å²) in [4.78, 5) is 4.50. The van der Waals surface area contributed by atoms with Gasteiger partial charge in [0, 0.05) is 29.8 Å². The highest BCUT2D eigenvalue weighted by Crippen LogP contribution is 2.39. The minimum absolute atomic E-state index is 0.137. The second-order valence-electron chi connectivity index (χ2n) is 9.18. The van der Waals surface area contributed by atoms with Gasteiger partial charge in [-0.3, -0.25) is 4.68 Å². The van der Waals surface area contributed by atoms with E-state index in [2.05, 4.69) is 20.5 Å². The largest absolute Gasteiger partial charge is 0.488 e. The van der Waals surface area contributed by atoms with Gasteiger partial charge in [0.05, 0.1) is 30.5 Å². The zero-order valence-electron chi connectivity index (χ0n) is 18.8. The molecule has 3 atom stereocenters. The Kier molecular flexibility index (Phi) is 4.70. The molecule has 2 fully saturated rings. The van der Waals surface area contributed by atoms with Crippen LogP contribution in [0.1, 0.15) is 24.8 Å². The quantitative estimate of drug-likeness (QED) is 0.362. The van der Waals surface area contributed by atoms with E-state index in [1.54, 1.807) is 10.6 Å². The molecule has 35 heavy (non-hydrogen) atoms. The lowest BCUT2D eigenvalue weighted by molar-refractivity contribution is 0.166. The predicted octanol–water partition coefficient (Wildman–Crippen LogP) is 4.71. The first-order valence-electron chi connectivity index (χ1n) is 11.8. The van der Waals surface area contributed by atoms with Crippen molar-refractivity contribution in [2.24, 2.45) is 0 Å². The Balaban J connectivity index is 1.15. The monoisotopic (exact) mass is 470 g/mol. The van der Waals surface area contributed by atoms with Crippen LogP contribution in [0, 0.1) is 5.82 Å². The highest BCUT2D eigenvalue weighted by atomic mass is 19.1. The van der Waals surface area contributed by atoms with Gasteiger partial charge >= 0.3 is 0 Å². The number of epoxide rings is 1. The second-order valence-corrected chi connectivity index (χ2v) is 9.18. The average molecular weight is 471 g/mol. The molecule has 4 heterocycles. The van der Waals surface area contributed by atoms with E-state index in [-0.39, 0.29) is 11.9 Å². The fraction of sp³-hybridized carbons (Fsp3) is 0.269. The van der Waals surface area contributed by atoms with Crippen molar-refractivity contribution in [3.05, 3.63) is 78.6 Å². The predicted molar refractivity (Wildman–Crippen MR) is 128 cm³/mol. The molecular formula is C26H23FN6O2. The van der Waals surface area contributed by atoms with Crippen molar-refractivity contribution < 1.29 is 13.9 Å². The summed E-state index contributed by atoms with van der Waals surface area (Å²) in [7, 11) is 0. The van der Waals surface area contributed by atoms with Crippen LogP contribution < -0.4 is 10.1 Å². The SMILES string of the molecule is Fc1cccc(Cn2ncc3cc(Nc4ncnn5ccc(OC6CC[C@@H]7O[C@@H]7C6)c45)ccc32)c1. The van der Waals surface area contributed by atoms with Gasteiger partial charge in [-0.2, -0.15) is 10.2 Å². The summed E-state index contributed by atoms with van der Waals surface area (Å²) in [6, 6.07) is 14.5. The highest BCUT2D eigenvalue weighted by molar-refractivity contribution is 5.86. The molecule has 3 aromatic heterocycles. The van der Waals surface area contributed by atoms with Crippen LogP contribution in [0.3, 0.4) is 0 Å². The topological polar surface area (TPSA) is 81.8 Å². The third kappa shape index (κ3) is 3.87. The van der Waals surface area contributed by atoms with E-state index in [1.165, 1.54) is 18.5 Å². The van der Waals surface area contributed by atoms with Crippen molar-refractivity contribution in [2.45, 2.75) is 44.1 Å². The van der Waals surface area contributed by atoms with Gasteiger partial charge in [-0.15, -0.1) is 0 Å². The van der Waals surface area contributed by atoms with Crippen molar-refractivity contribution >= 4 is 27.9 Å². The number of aromatic nitrogens is 5. The molecule has 0 amide bonds. The molecule has 2 aromatic carbocycles. The summed E-state index contributed by atoms with van der Waals surface area (Å²) >= 11 is 0. The summed E-state index contributed by atoms with van der Waals surface area (Å²) in [5.41, 5.74) is 3.51. The number of rotatable bonds is 6. The first-order valence-corrected chi connectivity index (χ1v) is 11.8. The van der Waals surface area contributed by atoms with Gasteiger partial charge < -0.3 is 14.8 Å². The van der Waals surface area contributed by atoms with Crippen molar-refractivity contribution in [2.75, 3.05) is 5.32 Å². The van der Waals surface area contributed by atoms with Crippen LogP contribution in [0.15, 0.2) is 67.3 Å². The molecule has 8 nitrogen and oxygen atoms in total. The second kappa shape index (κ2) is 8.06. The minimum atomic E-state index is -0.246. The smallest absolute Gasteiger partial charge is 0.162 e. The van der Waals surface area contributed by atoms with E-state index in [1.807, 2.05) is 47.4 Å². The summed E-state index contributed by atoms with van der Waals surface area (Å²) < 4.78 is 29.2. The molecule has 0 bridgehead atoms. The summed E-state index contributed by atoms with van der Waals surface area (Å²) in [6.07, 6.45) is 9.12. The van der Waals surface area contributed by atoms with Gasteiger partial charge in [0.25, 0.3) is 0 Å². The zero-order chi connectivity index (χ0) is 23.4. The van der Waals surface area contributed by atoms with Crippen LogP contribution in [-0.4, -0.2) is 42.7 Å². The van der Waals surface area contributed by atoms with Gasteiger partial charge in [0.15, 0.2) is 11.6 Å². The Morgan fingerprint density at radius 3 is 2.97 bits per heavy atom. The summed E-state index contributed by atoms with van der Waals surface area (Å²) in [5.74, 6) is 1.19. The Bertz CT molecular complexity index is 1550. The van der Waals surface area contributed by atoms with E-state index >= 15 is 0 Å². The van der Waals surface area contributed by atoms with E-state index < -0.39 is 0 Å². The van der Waals surface area contributed by atoms with Crippen molar-refractivity contribution in [3.63, 3.8) is 0 Å². The molecule has 1 saturated heterocycles. The number of halogens is 1. The molecule has 1 aliphatic heterocycles. The number of anilines is 2. The molecule has 2 aliphatic rings. The molecule has 1 unspecified atom stereocenters. The Morgan fingerprint density at radius 1 is 1.09 bits per heavy atom. The third-order valence-electron chi connectivity index (χ3n) is 6.79. The van der Waals surface area contributed by atoms with E-state index in [4.69, 9.17) is 9.47 Å². The molecule has 1 aliphatic carbocycles. The standard InChI is InChI=1S/C26H23FN6O2/c27-18-3-1-2-16(10-18)14-33-21-6-4-19(11-17(21)13-29-33)31-26-25-23(8-9-32(25)30-15-28-26)34-20-5-7-22-24(12-20)35-22/h1-4,6,8-11,13,15,20,22,24H,5,7,12,14H2,(H,28,30,31)/t20?,22-,24+/m0/s1. The number of nitrogens with zero attached hydrogens (tertiary/aromatic N) is 5. The Hall–Kier alpha value is -3.98. The van der Waals surface area contributed by atoms with E-state index in [9.17, 15) is 4.39 Å². The molecule has 1 N–H and O–H groups in total. The first kappa shape index (κ1) is 20.4. The third-order valence-corrected chi connectivity index (χ3v) is 6.79. The van der Waals surface area contributed by atoms with Gasteiger partial charge in [-0.05, 0) is 48.7 Å². The normalized spacial score (nSPS) is 21.2. The van der Waals surface area contributed by atoms with Crippen molar-refractivity contribution in [1.82, 2.24) is 24.4 Å². The molecule has 7 rings (SSSR count). The maximum atomic E-state index is 13.6. The van der Waals surface area contributed by atoms with Crippen LogP contribution in [0.25, 0.3) is 16.4 Å². The number of hydrogen-bond donors (Lipinski definition) is 1. The number of nitrogens with one attached hydrogen (secondary N) is 1. The molecule has 176 valence electrons. The molecular weight excluding hydrogens is 447 g/mol. The van der Waals surface area contributed by atoms with Crippen LogP contribution in [-0.2, 0) is 11.3 Å². The molecule has 0 radical (unpaired) electrons. The average Bonchev–Trinajstić information content (AvgIpc) is 3.36. The fourth-order valence-electron chi connectivity index (χ4n) is 5.00. The van der Waals surface area contributed by atoms with Crippen molar-refractivity contribution in [3.8, 4) is 5.75 Å². The number of fused-ring (bicyclic) bond motifs is 3. The van der Waals surface area contributed by atoms with Gasteiger partial charge in [0.1, 0.15) is 23.8 Å². The number of benzene rings is 2. The van der Waals surface area contributed by atoms with E-state index in [0.717, 1.165) is 52.7 Å². The summed E-state index contributed by atoms with van der Waals surface area (Å²) in [5, 5.41) is 13.2. The Labute approximate surface area is 200 Å². The van der Waals surface area contributed by atoms with Crippen LogP contribution >= 0.6 is 0 Å². The maximum Gasteiger partial charge on any atom is 0.162 e. The lowest BCUT2D eigenvalue weighted by Gasteiger charge is -2.20. The number of hydrogen-bond acceptors (Lipinski definition) is 6. The van der Waals surface area contributed by atoms with Gasteiger partial charge in [-0.1, -0.05) is 12.1 Å². The minimum Gasteiger partial charge on any atom is -0.488 e. The van der Waals surface area contributed by atoms with Crippen LogP contribution in [0.5, 0.6) is 5.75 Å². The van der Waals surface area contributed by atoms with Crippen molar-refractivity contribution in [1.29, 1.82) is 0 Å². The molecule has 5 aromatic rings. The lowest BCUT2D eigenvalue weighted by Crippen LogP contribution is -2.24. The fourth-order valence-corrected chi connectivity index (χ4v) is 5.00. The number of ether oxygens (including phenoxy) is 2. The maximum absolute atomic E-state index is 13.6. The molecule has 1 saturated carbocycles.